The summed E-state index contributed by atoms with van der Waals surface area (Å²) < 4.78 is 0. The number of rotatable bonds is 0. The number of benzene rings is 1. The number of hydrogen-bond acceptors (Lipinski definition) is 0. The van der Waals surface area contributed by atoms with Crippen LogP contribution in [0.15, 0.2) is 24.3 Å². The standard InChI is InChI=1S/C7H7.C3H3.2CH3.Pt/c1-7-5-3-2-4-6-7;1-3-2;;;/h3-6H,1H3;1H3;2*1H3;/q4*-1;+4. The van der Waals surface area contributed by atoms with Crippen LogP contribution >= 0.6 is 0 Å². The van der Waals surface area contributed by atoms with Crippen LogP contribution in [-0.4, -0.2) is 0 Å². The van der Waals surface area contributed by atoms with E-state index in [1.165, 1.54) is 5.56 Å². The Bertz CT molecular complexity index is 196. The van der Waals surface area contributed by atoms with Crippen molar-refractivity contribution in [3.8, 4) is 5.92 Å². The molecule has 0 aliphatic heterocycles. The minimum absolute atomic E-state index is 0. The van der Waals surface area contributed by atoms with Crippen LogP contribution in [0.5, 0.6) is 0 Å². The first-order chi connectivity index (χ1) is 4.81. The van der Waals surface area contributed by atoms with Crippen LogP contribution in [0.3, 0.4) is 0 Å². The molecule has 0 spiro atoms. The molecule has 1 rings (SSSR count). The third-order valence-electron chi connectivity index (χ3n) is 0.885. The van der Waals surface area contributed by atoms with Gasteiger partial charge in [-0.05, 0) is 6.92 Å². The third-order valence-corrected chi connectivity index (χ3v) is 0.885. The first-order valence-corrected chi connectivity index (χ1v) is 3.07. The average molecular weight is 355 g/mol. The second-order valence-electron chi connectivity index (χ2n) is 1.83. The average Bonchev–Trinajstić information content (AvgIpc) is 1.91. The van der Waals surface area contributed by atoms with Crippen molar-refractivity contribution in [2.24, 2.45) is 0 Å². The molecule has 0 aliphatic carbocycles. The molecule has 0 radical (unpaired) electrons. The molecule has 1 aromatic carbocycles. The van der Waals surface area contributed by atoms with Gasteiger partial charge in [-0.15, -0.1) is 0 Å². The van der Waals surface area contributed by atoms with Crippen molar-refractivity contribution in [1.82, 2.24) is 0 Å². The van der Waals surface area contributed by atoms with Gasteiger partial charge in [0.1, 0.15) is 0 Å². The molecule has 0 atom stereocenters. The van der Waals surface area contributed by atoms with Crippen molar-refractivity contribution >= 4 is 0 Å². The van der Waals surface area contributed by atoms with E-state index < -0.39 is 0 Å². The Labute approximate surface area is 98.0 Å². The van der Waals surface area contributed by atoms with Gasteiger partial charge in [-0.25, -0.2) is 0 Å². The summed E-state index contributed by atoms with van der Waals surface area (Å²) in [4.78, 5) is 0. The van der Waals surface area contributed by atoms with Crippen molar-refractivity contribution in [1.29, 1.82) is 0 Å². The molecule has 13 heavy (non-hydrogen) atoms. The van der Waals surface area contributed by atoms with Crippen LogP contribution in [0, 0.1) is 40.2 Å². The molecule has 0 aliphatic rings. The van der Waals surface area contributed by atoms with Crippen molar-refractivity contribution in [3.05, 3.63) is 57.2 Å². The molecule has 0 unspecified atom stereocenters. The summed E-state index contributed by atoms with van der Waals surface area (Å²) in [6, 6.07) is 10.8. The summed E-state index contributed by atoms with van der Waals surface area (Å²) in [5.74, 6) is 2.00. The van der Waals surface area contributed by atoms with Gasteiger partial charge < -0.3 is 27.2 Å². The topological polar surface area (TPSA) is 0 Å². The van der Waals surface area contributed by atoms with Gasteiger partial charge in [-0.2, -0.15) is 35.9 Å². The Morgan fingerprint density at radius 3 is 1.69 bits per heavy atom. The monoisotopic (exact) mass is 355 g/mol. The molecule has 0 saturated heterocycles. The fourth-order valence-electron chi connectivity index (χ4n) is 0.470. The van der Waals surface area contributed by atoms with Gasteiger partial charge in [0.05, 0.1) is 0 Å². The molecule has 0 amide bonds. The normalized spacial score (nSPS) is 5.31. The zero-order valence-corrected chi connectivity index (χ0v) is 10.9. The maximum Gasteiger partial charge on any atom is 4.00 e. The molecule has 0 fully saturated rings. The van der Waals surface area contributed by atoms with Crippen LogP contribution in [0.25, 0.3) is 0 Å². The number of hydrogen-bond donors (Lipinski definition) is 0. The quantitative estimate of drug-likeness (QED) is 0.495. The summed E-state index contributed by atoms with van der Waals surface area (Å²) in [7, 11) is 0. The molecule has 0 bridgehead atoms. The Hall–Kier alpha value is -0.532. The Morgan fingerprint density at radius 2 is 1.54 bits per heavy atom. The Morgan fingerprint density at radius 1 is 1.23 bits per heavy atom. The van der Waals surface area contributed by atoms with E-state index in [0.717, 1.165) is 0 Å². The van der Waals surface area contributed by atoms with E-state index >= 15 is 0 Å². The molecule has 0 nitrogen and oxygen atoms in total. The molecule has 0 N–H and O–H groups in total. The molecular formula is C12H16Pt. The first-order valence-electron chi connectivity index (χ1n) is 3.07. The zero-order valence-electron chi connectivity index (χ0n) is 8.63. The van der Waals surface area contributed by atoms with E-state index in [4.69, 9.17) is 6.42 Å². The summed E-state index contributed by atoms with van der Waals surface area (Å²) >= 11 is 0. The van der Waals surface area contributed by atoms with Gasteiger partial charge >= 0.3 is 21.1 Å². The Kier molecular flexibility index (Phi) is 30.8. The fraction of sp³-hybridized carbons (Fsp3) is 0.167. The zero-order chi connectivity index (χ0) is 7.82. The summed E-state index contributed by atoms with van der Waals surface area (Å²) in [5.41, 5.74) is 1.29. The van der Waals surface area contributed by atoms with Crippen LogP contribution < -0.4 is 0 Å². The van der Waals surface area contributed by atoms with Crippen LogP contribution in [0.2, 0.25) is 0 Å². The van der Waals surface area contributed by atoms with Gasteiger partial charge in [0.25, 0.3) is 0 Å². The second kappa shape index (κ2) is 17.5. The molecule has 1 aromatic rings. The maximum atomic E-state index is 5.96. The second-order valence-corrected chi connectivity index (χ2v) is 1.83. The smallest absolute Gasteiger partial charge is 0.694 e. The first kappa shape index (κ1) is 22.9. The summed E-state index contributed by atoms with van der Waals surface area (Å²) in [5, 5.41) is 0. The molecule has 0 aromatic heterocycles. The SMILES string of the molecule is Cc1cc[c-]cc1.[C-]#CC.[CH3-].[CH3-].[Pt+4]. The van der Waals surface area contributed by atoms with E-state index in [-0.39, 0.29) is 35.9 Å². The van der Waals surface area contributed by atoms with Crippen molar-refractivity contribution < 1.29 is 21.1 Å². The minimum atomic E-state index is 0. The van der Waals surface area contributed by atoms with E-state index in [2.05, 4.69) is 13.0 Å². The van der Waals surface area contributed by atoms with Gasteiger partial charge in [0.15, 0.2) is 0 Å². The van der Waals surface area contributed by atoms with E-state index in [0.29, 0.717) is 0 Å². The molecule has 0 heterocycles. The molecule has 0 saturated carbocycles. The van der Waals surface area contributed by atoms with Crippen molar-refractivity contribution in [2.45, 2.75) is 13.8 Å². The van der Waals surface area contributed by atoms with Crippen LogP contribution in [-0.2, 0) is 21.1 Å². The molecular weight excluding hydrogens is 339 g/mol. The fourth-order valence-corrected chi connectivity index (χ4v) is 0.470. The van der Waals surface area contributed by atoms with E-state index in [1.807, 2.05) is 30.2 Å². The van der Waals surface area contributed by atoms with Gasteiger partial charge in [-0.3, -0.25) is 0 Å². The van der Waals surface area contributed by atoms with Crippen LogP contribution in [0.4, 0.5) is 0 Å². The largest absolute Gasteiger partial charge is 4.00 e. The van der Waals surface area contributed by atoms with Gasteiger partial charge in [0.2, 0.25) is 0 Å². The van der Waals surface area contributed by atoms with E-state index in [1.54, 1.807) is 6.92 Å². The van der Waals surface area contributed by atoms with Gasteiger partial charge in [-0.1, -0.05) is 6.92 Å². The van der Waals surface area contributed by atoms with E-state index in [9.17, 15) is 0 Å². The summed E-state index contributed by atoms with van der Waals surface area (Å²) in [6.45, 7) is 3.61. The minimum Gasteiger partial charge on any atom is -0.694 e. The summed E-state index contributed by atoms with van der Waals surface area (Å²) in [6.07, 6.45) is 5.96. The third kappa shape index (κ3) is 18.4. The predicted molar refractivity (Wildman–Crippen MR) is 55.6 cm³/mol. The van der Waals surface area contributed by atoms with Crippen LogP contribution in [0.1, 0.15) is 12.5 Å². The van der Waals surface area contributed by atoms with Crippen molar-refractivity contribution in [2.75, 3.05) is 0 Å². The Balaban J connectivity index is -0.0000000615. The molecule has 1 heteroatoms. The number of aryl methyl sites for hydroxylation is 1. The van der Waals surface area contributed by atoms with Crippen molar-refractivity contribution in [3.63, 3.8) is 0 Å². The van der Waals surface area contributed by atoms with Gasteiger partial charge in [0, 0.05) is 0 Å². The predicted octanol–water partition coefficient (Wildman–Crippen LogP) is 3.29. The molecule has 74 valence electrons. The maximum absolute atomic E-state index is 5.96.